The third kappa shape index (κ3) is 4.45. The van der Waals surface area contributed by atoms with E-state index in [1.54, 1.807) is 18.4 Å². The Bertz CT molecular complexity index is 684. The van der Waals surface area contributed by atoms with Crippen molar-refractivity contribution in [3.05, 3.63) is 21.9 Å². The van der Waals surface area contributed by atoms with Crippen LogP contribution in [0, 0.1) is 11.8 Å². The highest BCUT2D eigenvalue weighted by Gasteiger charge is 2.39. The predicted octanol–water partition coefficient (Wildman–Crippen LogP) is 2.65. The second-order valence-corrected chi connectivity index (χ2v) is 11.5. The number of piperidine rings is 1. The van der Waals surface area contributed by atoms with Gasteiger partial charge < -0.3 is 0 Å². The largest absolute Gasteiger partial charge is 0.294 e. The van der Waals surface area contributed by atoms with E-state index in [9.17, 15) is 8.42 Å². The van der Waals surface area contributed by atoms with Crippen molar-refractivity contribution in [3.8, 4) is 0 Å². The van der Waals surface area contributed by atoms with Crippen molar-refractivity contribution in [1.29, 1.82) is 0 Å². The smallest absolute Gasteiger partial charge is 0.281 e. The summed E-state index contributed by atoms with van der Waals surface area (Å²) in [5.41, 5.74) is 0. The molecule has 25 heavy (non-hydrogen) atoms. The average molecular weight is 386 g/mol. The lowest BCUT2D eigenvalue weighted by Crippen LogP contribution is -2.45. The topological polar surface area (TPSA) is 43.9 Å². The van der Waals surface area contributed by atoms with Gasteiger partial charge in [0.15, 0.2) is 0 Å². The van der Waals surface area contributed by atoms with E-state index in [0.717, 1.165) is 32.4 Å². The molecule has 4 rings (SSSR count). The molecular formula is C18H31N3O2S2. The number of hydrogen-bond donors (Lipinski definition) is 0. The Kier molecular flexibility index (Phi) is 5.90. The van der Waals surface area contributed by atoms with Crippen LogP contribution in [0.4, 0.5) is 0 Å². The van der Waals surface area contributed by atoms with Crippen LogP contribution in [0.1, 0.15) is 36.4 Å². The van der Waals surface area contributed by atoms with Crippen LogP contribution in [0.25, 0.3) is 0 Å². The van der Waals surface area contributed by atoms with E-state index in [1.807, 2.05) is 11.3 Å². The first-order valence-electron chi connectivity index (χ1n) is 9.25. The quantitative estimate of drug-likeness (QED) is 0.756. The summed E-state index contributed by atoms with van der Waals surface area (Å²) >= 11 is 1.92. The van der Waals surface area contributed by atoms with Gasteiger partial charge in [0.2, 0.25) is 0 Å². The van der Waals surface area contributed by atoms with Gasteiger partial charge in [0.05, 0.1) is 0 Å². The first kappa shape index (κ1) is 19.3. The van der Waals surface area contributed by atoms with Gasteiger partial charge in [-0.2, -0.15) is 17.0 Å². The van der Waals surface area contributed by atoms with Crippen LogP contribution < -0.4 is 0 Å². The minimum atomic E-state index is -3.31. The highest BCUT2D eigenvalue weighted by Crippen LogP contribution is 2.32. The molecule has 3 saturated heterocycles. The monoisotopic (exact) mass is 385 g/mol. The third-order valence-electron chi connectivity index (χ3n) is 5.27. The van der Waals surface area contributed by atoms with E-state index in [2.05, 4.69) is 30.9 Å². The molecule has 1 aromatic rings. The van der Waals surface area contributed by atoms with Crippen LogP contribution in [0.3, 0.4) is 0 Å². The molecule has 0 radical (unpaired) electrons. The molecule has 3 aliphatic heterocycles. The van der Waals surface area contributed by atoms with Crippen molar-refractivity contribution in [1.82, 2.24) is 13.5 Å². The third-order valence-corrected chi connectivity index (χ3v) is 8.23. The number of nitrogens with zero attached hydrogens (tertiary/aromatic N) is 3. The normalized spacial score (nSPS) is 25.8. The van der Waals surface area contributed by atoms with Crippen LogP contribution in [0.5, 0.6) is 0 Å². The van der Waals surface area contributed by atoms with Crippen molar-refractivity contribution < 1.29 is 8.42 Å². The lowest BCUT2D eigenvalue weighted by atomic mass is 9.95. The molecule has 0 N–H and O–H groups in total. The van der Waals surface area contributed by atoms with Gasteiger partial charge in [-0.1, -0.05) is 13.8 Å². The van der Waals surface area contributed by atoms with Crippen LogP contribution in [-0.4, -0.2) is 61.7 Å². The second kappa shape index (κ2) is 7.64. The summed E-state index contributed by atoms with van der Waals surface area (Å²) in [5, 5.41) is 0. The van der Waals surface area contributed by atoms with Crippen molar-refractivity contribution in [2.75, 3.05) is 33.7 Å². The van der Waals surface area contributed by atoms with Gasteiger partial charge in [-0.15, -0.1) is 11.3 Å². The minimum absolute atomic E-state index is 0.337. The molecule has 2 atom stereocenters. The summed E-state index contributed by atoms with van der Waals surface area (Å²) in [6.45, 7) is 7.78. The minimum Gasteiger partial charge on any atom is -0.294 e. The van der Waals surface area contributed by atoms with Gasteiger partial charge in [-0.3, -0.25) is 4.90 Å². The molecule has 4 heterocycles. The number of thiophene rings is 1. The molecule has 0 saturated carbocycles. The molecule has 0 aliphatic carbocycles. The molecule has 0 amide bonds. The van der Waals surface area contributed by atoms with E-state index in [0.29, 0.717) is 31.0 Å². The Morgan fingerprint density at radius 1 is 1.16 bits per heavy atom. The lowest BCUT2D eigenvalue weighted by Gasteiger charge is -2.35. The van der Waals surface area contributed by atoms with Gasteiger partial charge in [0.25, 0.3) is 10.2 Å². The molecule has 0 aromatic carbocycles. The van der Waals surface area contributed by atoms with Crippen LogP contribution in [0.15, 0.2) is 12.1 Å². The number of hydrogen-bond acceptors (Lipinski definition) is 4. The Hall–Kier alpha value is -0.470. The van der Waals surface area contributed by atoms with Crippen molar-refractivity contribution >= 4 is 21.5 Å². The Morgan fingerprint density at radius 2 is 1.88 bits per heavy atom. The fourth-order valence-corrected chi connectivity index (χ4v) is 6.45. The molecule has 3 fully saturated rings. The summed E-state index contributed by atoms with van der Waals surface area (Å²) in [4.78, 5) is 5.39. The Balaban J connectivity index is 1.70. The molecule has 0 spiro atoms. The molecule has 0 unspecified atom stereocenters. The number of rotatable bonds is 6. The molecule has 1 aromatic heterocycles. The summed E-state index contributed by atoms with van der Waals surface area (Å²) in [6, 6.07) is 4.86. The van der Waals surface area contributed by atoms with E-state index >= 15 is 0 Å². The van der Waals surface area contributed by atoms with Crippen molar-refractivity contribution in [2.45, 2.75) is 45.7 Å². The van der Waals surface area contributed by atoms with Gasteiger partial charge in [-0.25, -0.2) is 0 Å². The van der Waals surface area contributed by atoms with Crippen molar-refractivity contribution in [2.24, 2.45) is 11.8 Å². The Labute approximate surface area is 156 Å². The average Bonchev–Trinajstić information content (AvgIpc) is 2.76. The highest BCUT2D eigenvalue weighted by atomic mass is 32.2. The van der Waals surface area contributed by atoms with Crippen molar-refractivity contribution in [3.63, 3.8) is 0 Å². The molecular weight excluding hydrogens is 354 g/mol. The SMILES string of the molecule is CC(C)Cc1ccc(CN2C[C@H]3CC[C@@H]2CN(S(=O)(=O)N(C)C)C3)s1. The van der Waals surface area contributed by atoms with E-state index in [-0.39, 0.29) is 0 Å². The van der Waals surface area contributed by atoms with E-state index in [4.69, 9.17) is 0 Å². The fraction of sp³-hybridized carbons (Fsp3) is 0.778. The van der Waals surface area contributed by atoms with E-state index < -0.39 is 10.2 Å². The second-order valence-electron chi connectivity index (χ2n) is 8.10. The highest BCUT2D eigenvalue weighted by molar-refractivity contribution is 7.86. The maximum Gasteiger partial charge on any atom is 0.281 e. The van der Waals surface area contributed by atoms with Gasteiger partial charge in [-0.05, 0) is 43.2 Å². The summed E-state index contributed by atoms with van der Waals surface area (Å²) in [7, 11) is -0.0586. The van der Waals surface area contributed by atoms with Crippen LogP contribution in [0.2, 0.25) is 0 Å². The first-order valence-corrected chi connectivity index (χ1v) is 11.5. The van der Waals surface area contributed by atoms with Gasteiger partial charge >= 0.3 is 0 Å². The summed E-state index contributed by atoms with van der Waals surface area (Å²) < 4.78 is 28.2. The molecule has 142 valence electrons. The van der Waals surface area contributed by atoms with E-state index in [1.165, 1.54) is 14.1 Å². The first-order chi connectivity index (χ1) is 11.8. The maximum atomic E-state index is 12.6. The summed E-state index contributed by atoms with van der Waals surface area (Å²) in [5.74, 6) is 1.13. The number of fused-ring (bicyclic) bond motifs is 4. The fourth-order valence-electron chi connectivity index (χ4n) is 3.97. The standard InChI is InChI=1S/C18H31N3O2S2/c1-14(2)9-17-7-8-18(24-17)13-20-10-15-5-6-16(20)12-21(11-15)25(22,23)19(3)4/h7-8,14-16H,5-6,9-13H2,1-4H3/t15-,16-/m1/s1. The predicted molar refractivity (Wildman–Crippen MR) is 104 cm³/mol. The molecule has 5 nitrogen and oxygen atoms in total. The molecule has 3 aliphatic rings. The maximum absolute atomic E-state index is 12.6. The molecule has 2 bridgehead atoms. The van der Waals surface area contributed by atoms with Crippen LogP contribution >= 0.6 is 11.3 Å². The zero-order valence-electron chi connectivity index (χ0n) is 15.8. The Morgan fingerprint density at radius 3 is 2.56 bits per heavy atom. The molecule has 7 heteroatoms. The lowest BCUT2D eigenvalue weighted by molar-refractivity contribution is 0.126. The van der Waals surface area contributed by atoms with Crippen LogP contribution in [-0.2, 0) is 23.2 Å². The zero-order chi connectivity index (χ0) is 18.2. The van der Waals surface area contributed by atoms with Gasteiger partial charge in [0, 0.05) is 56.1 Å². The van der Waals surface area contributed by atoms with Gasteiger partial charge in [0.1, 0.15) is 0 Å². The summed E-state index contributed by atoms with van der Waals surface area (Å²) in [6.07, 6.45) is 3.39. The zero-order valence-corrected chi connectivity index (χ0v) is 17.4.